The van der Waals surface area contributed by atoms with Crippen molar-refractivity contribution >= 4 is 11.9 Å². The van der Waals surface area contributed by atoms with E-state index in [1.165, 1.54) is 0 Å². The van der Waals surface area contributed by atoms with Crippen molar-refractivity contribution in [3.05, 3.63) is 41.8 Å². The number of carboxylic acid groups (broad SMARTS) is 1. The first kappa shape index (κ1) is 21.7. The Bertz CT molecular complexity index is 889. The molecule has 9 nitrogen and oxygen atoms in total. The summed E-state index contributed by atoms with van der Waals surface area (Å²) in [7, 11) is 0. The molecule has 4 heterocycles. The first-order valence-corrected chi connectivity index (χ1v) is 9.10. The minimum atomic E-state index is -5.08. The van der Waals surface area contributed by atoms with Crippen LogP contribution in [0.3, 0.4) is 0 Å². The van der Waals surface area contributed by atoms with Gasteiger partial charge in [-0.1, -0.05) is 5.16 Å². The predicted molar refractivity (Wildman–Crippen MR) is 93.2 cm³/mol. The highest BCUT2D eigenvalue weighted by atomic mass is 19.4. The van der Waals surface area contributed by atoms with Crippen LogP contribution in [0, 0.1) is 12.8 Å². The fourth-order valence-electron chi connectivity index (χ4n) is 3.39. The summed E-state index contributed by atoms with van der Waals surface area (Å²) in [6.07, 6.45) is -0.128. The van der Waals surface area contributed by atoms with Gasteiger partial charge in [0.15, 0.2) is 5.82 Å². The summed E-state index contributed by atoms with van der Waals surface area (Å²) >= 11 is 0. The summed E-state index contributed by atoms with van der Waals surface area (Å²) in [5.74, 6) is -1.15. The highest BCUT2D eigenvalue weighted by molar-refractivity contribution is 5.93. The smallest absolute Gasteiger partial charge is 0.475 e. The third-order valence-corrected chi connectivity index (χ3v) is 4.81. The number of amides is 1. The van der Waals surface area contributed by atoms with E-state index in [2.05, 4.69) is 15.1 Å². The Balaban J connectivity index is 0.000000318. The Labute approximate surface area is 168 Å². The normalized spacial score (nSPS) is 23.3. The molecule has 0 bridgehead atoms. The number of aliphatic carboxylic acids is 1. The number of halogens is 3. The van der Waals surface area contributed by atoms with Crippen molar-refractivity contribution < 1.29 is 37.1 Å². The molecule has 2 saturated heterocycles. The van der Waals surface area contributed by atoms with Crippen molar-refractivity contribution in [1.29, 1.82) is 0 Å². The van der Waals surface area contributed by atoms with E-state index in [1.54, 1.807) is 31.5 Å². The average Bonchev–Trinajstić information content (AvgIpc) is 3.33. The van der Waals surface area contributed by atoms with Gasteiger partial charge in [-0.15, -0.1) is 0 Å². The molecule has 0 unspecified atom stereocenters. The van der Waals surface area contributed by atoms with Crippen LogP contribution in [0.5, 0.6) is 0 Å². The van der Waals surface area contributed by atoms with Gasteiger partial charge in [-0.2, -0.15) is 18.2 Å². The van der Waals surface area contributed by atoms with Crippen LogP contribution in [0.15, 0.2) is 29.0 Å². The summed E-state index contributed by atoms with van der Waals surface area (Å²) in [5.41, 5.74) is 0.619. The average molecular weight is 428 g/mol. The predicted octanol–water partition coefficient (Wildman–Crippen LogP) is 2.40. The zero-order valence-electron chi connectivity index (χ0n) is 15.9. The first-order chi connectivity index (χ1) is 14.1. The molecule has 0 radical (unpaired) electrons. The molecule has 2 aromatic rings. The zero-order valence-corrected chi connectivity index (χ0v) is 15.9. The molecule has 0 aromatic carbocycles. The quantitative estimate of drug-likeness (QED) is 0.775. The number of pyridine rings is 1. The number of hydrogen-bond acceptors (Lipinski definition) is 7. The van der Waals surface area contributed by atoms with Crippen molar-refractivity contribution in [2.24, 2.45) is 5.92 Å². The molecule has 0 spiro atoms. The molecule has 30 heavy (non-hydrogen) atoms. The monoisotopic (exact) mass is 428 g/mol. The van der Waals surface area contributed by atoms with E-state index in [9.17, 15) is 18.0 Å². The molecule has 2 aliphatic heterocycles. The highest BCUT2D eigenvalue weighted by Crippen LogP contribution is 2.40. The van der Waals surface area contributed by atoms with Crippen LogP contribution in [-0.2, 0) is 9.53 Å². The number of alkyl halides is 3. The van der Waals surface area contributed by atoms with Crippen molar-refractivity contribution in [3.63, 3.8) is 0 Å². The van der Waals surface area contributed by atoms with Crippen LogP contribution in [0.2, 0.25) is 0 Å². The number of piperidine rings is 1. The Morgan fingerprint density at radius 2 is 2.07 bits per heavy atom. The molecular formula is C18H19F3N4O5. The Morgan fingerprint density at radius 3 is 2.63 bits per heavy atom. The second-order valence-corrected chi connectivity index (χ2v) is 6.92. The number of carboxylic acids is 1. The number of nitrogens with zero attached hydrogens (tertiary/aromatic N) is 4. The first-order valence-electron chi connectivity index (χ1n) is 9.10. The van der Waals surface area contributed by atoms with Crippen LogP contribution >= 0.6 is 0 Å². The molecule has 2 aromatic heterocycles. The van der Waals surface area contributed by atoms with Gasteiger partial charge < -0.3 is 19.3 Å². The van der Waals surface area contributed by atoms with Gasteiger partial charge in [0.25, 0.3) is 11.8 Å². The van der Waals surface area contributed by atoms with Gasteiger partial charge in [0.2, 0.25) is 0 Å². The molecular weight excluding hydrogens is 409 g/mol. The number of carbonyl (C=O) groups is 2. The Hall–Kier alpha value is -3.02. The number of ether oxygens (including phenoxy) is 1. The molecule has 2 fully saturated rings. The van der Waals surface area contributed by atoms with Crippen molar-refractivity contribution in [3.8, 4) is 0 Å². The largest absolute Gasteiger partial charge is 0.490 e. The van der Waals surface area contributed by atoms with Gasteiger partial charge in [0.1, 0.15) is 6.10 Å². The molecule has 1 N–H and O–H groups in total. The maximum Gasteiger partial charge on any atom is 0.490 e. The number of likely N-dealkylation sites (tertiary alicyclic amines) is 1. The standard InChI is InChI=1S/C16H18N4O3.C2HF3O2/c1-10-18-15(23-19-10)13-7-11-4-6-20(9-14(11)22-13)16(21)12-3-2-5-17-8-12;3-2(4,5)1(6)7/h2-3,5,8,11,13-14H,4,6-7,9H2,1H3;(H,6,7)/t11-,13+,14+;/m0./s1. The molecule has 3 atom stereocenters. The van der Waals surface area contributed by atoms with Gasteiger partial charge in [-0.3, -0.25) is 9.78 Å². The fraction of sp³-hybridized carbons (Fsp3) is 0.500. The van der Waals surface area contributed by atoms with Gasteiger partial charge in [-0.05, 0) is 37.8 Å². The fourth-order valence-corrected chi connectivity index (χ4v) is 3.39. The Morgan fingerprint density at radius 1 is 1.33 bits per heavy atom. The second kappa shape index (κ2) is 8.78. The molecule has 4 rings (SSSR count). The van der Waals surface area contributed by atoms with Crippen LogP contribution < -0.4 is 0 Å². The highest BCUT2D eigenvalue weighted by Gasteiger charge is 2.42. The van der Waals surface area contributed by atoms with Crippen LogP contribution in [-0.4, -0.2) is 62.4 Å². The lowest BCUT2D eigenvalue weighted by Crippen LogP contribution is -2.45. The lowest BCUT2D eigenvalue weighted by atomic mass is 9.91. The lowest BCUT2D eigenvalue weighted by Gasteiger charge is -2.34. The van der Waals surface area contributed by atoms with E-state index in [1.807, 2.05) is 4.90 Å². The number of carbonyl (C=O) groups excluding carboxylic acids is 1. The SMILES string of the molecule is Cc1noc([C@H]2C[C@@H]3CCN(C(=O)c4cccnc4)C[C@H]3O2)n1.O=C(O)C(F)(F)F. The molecule has 2 aliphatic rings. The summed E-state index contributed by atoms with van der Waals surface area (Å²) < 4.78 is 43.0. The maximum atomic E-state index is 12.5. The molecule has 0 aliphatic carbocycles. The van der Waals surface area contributed by atoms with Gasteiger partial charge in [-0.25, -0.2) is 4.79 Å². The van der Waals surface area contributed by atoms with Gasteiger partial charge in [0, 0.05) is 25.5 Å². The van der Waals surface area contributed by atoms with Crippen LogP contribution in [0.4, 0.5) is 13.2 Å². The molecule has 1 amide bonds. The summed E-state index contributed by atoms with van der Waals surface area (Å²) in [4.78, 5) is 31.6. The minimum Gasteiger partial charge on any atom is -0.475 e. The second-order valence-electron chi connectivity index (χ2n) is 6.92. The number of fused-ring (bicyclic) bond motifs is 1. The van der Waals surface area contributed by atoms with Crippen LogP contribution in [0.25, 0.3) is 0 Å². The summed E-state index contributed by atoms with van der Waals surface area (Å²) in [5, 5.41) is 10.9. The number of aromatic nitrogens is 3. The van der Waals surface area contributed by atoms with Crippen molar-refractivity contribution in [2.45, 2.75) is 38.1 Å². The summed E-state index contributed by atoms with van der Waals surface area (Å²) in [6, 6.07) is 3.57. The van der Waals surface area contributed by atoms with Gasteiger partial charge in [0.05, 0.1) is 11.7 Å². The minimum absolute atomic E-state index is 0.0113. The number of aryl methyl sites for hydroxylation is 1. The molecule has 0 saturated carbocycles. The maximum absolute atomic E-state index is 12.5. The van der Waals surface area contributed by atoms with E-state index in [4.69, 9.17) is 19.2 Å². The third-order valence-electron chi connectivity index (χ3n) is 4.81. The Kier molecular flexibility index (Phi) is 6.34. The van der Waals surface area contributed by atoms with Crippen LogP contribution in [0.1, 0.15) is 41.0 Å². The molecule has 162 valence electrons. The summed E-state index contributed by atoms with van der Waals surface area (Å²) in [6.45, 7) is 3.14. The van der Waals surface area contributed by atoms with E-state index < -0.39 is 12.1 Å². The van der Waals surface area contributed by atoms with E-state index in [0.29, 0.717) is 29.7 Å². The molecule has 12 heteroatoms. The zero-order chi connectivity index (χ0) is 21.9. The number of hydrogen-bond donors (Lipinski definition) is 1. The van der Waals surface area contributed by atoms with Gasteiger partial charge >= 0.3 is 12.1 Å². The van der Waals surface area contributed by atoms with E-state index in [0.717, 1.165) is 19.4 Å². The van der Waals surface area contributed by atoms with Crippen molar-refractivity contribution in [2.75, 3.05) is 13.1 Å². The lowest BCUT2D eigenvalue weighted by molar-refractivity contribution is -0.192. The third kappa shape index (κ3) is 5.12. The van der Waals surface area contributed by atoms with E-state index >= 15 is 0 Å². The number of rotatable bonds is 2. The van der Waals surface area contributed by atoms with Crippen molar-refractivity contribution in [1.82, 2.24) is 20.0 Å². The topological polar surface area (TPSA) is 119 Å². The van der Waals surface area contributed by atoms with E-state index in [-0.39, 0.29) is 18.1 Å².